The van der Waals surface area contributed by atoms with Gasteiger partial charge in [-0.25, -0.2) is 0 Å². The quantitative estimate of drug-likeness (QED) is 0.672. The fraction of sp³-hybridized carbons (Fsp3) is 0.364. The van der Waals surface area contributed by atoms with E-state index in [1.54, 1.807) is 13.8 Å². The third-order valence-electron chi connectivity index (χ3n) is 2.97. The van der Waals surface area contributed by atoms with E-state index >= 15 is 0 Å². The van der Waals surface area contributed by atoms with Crippen LogP contribution in [0.3, 0.4) is 0 Å². The van der Waals surface area contributed by atoms with Crippen LogP contribution in [0.15, 0.2) is 4.52 Å². The molecule has 106 valence electrons. The minimum atomic E-state index is -0.671. The third-order valence-corrected chi connectivity index (χ3v) is 2.97. The molecule has 1 amide bonds. The van der Waals surface area contributed by atoms with Crippen LogP contribution in [0, 0.1) is 30.9 Å². The molecule has 0 radical (unpaired) electrons. The maximum atomic E-state index is 12.1. The minimum Gasteiger partial charge on any atom is -0.359 e. The van der Waals surface area contributed by atoms with Gasteiger partial charge in [0, 0.05) is 7.05 Å². The molecule has 0 bridgehead atoms. The van der Waals surface area contributed by atoms with E-state index in [2.05, 4.69) is 15.6 Å². The van der Waals surface area contributed by atoms with Crippen molar-refractivity contribution in [2.45, 2.75) is 20.8 Å². The Labute approximate surface area is 113 Å². The molecule has 0 saturated carbocycles. The third kappa shape index (κ3) is 2.13. The van der Waals surface area contributed by atoms with Gasteiger partial charge in [-0.1, -0.05) is 5.16 Å². The second kappa shape index (κ2) is 4.76. The van der Waals surface area contributed by atoms with Crippen molar-refractivity contribution in [2.75, 3.05) is 5.32 Å². The van der Waals surface area contributed by atoms with Crippen LogP contribution in [0.1, 0.15) is 27.6 Å². The number of carbonyl (C=O) groups excluding carboxylic acids is 1. The molecule has 0 aliphatic rings. The molecule has 2 aromatic rings. The highest BCUT2D eigenvalue weighted by atomic mass is 16.6. The zero-order chi connectivity index (χ0) is 15.0. The summed E-state index contributed by atoms with van der Waals surface area (Å²) in [6.45, 7) is 4.82. The lowest BCUT2D eigenvalue weighted by atomic mass is 10.2. The van der Waals surface area contributed by atoms with Crippen molar-refractivity contribution in [3.8, 4) is 0 Å². The Kier molecular flexibility index (Phi) is 3.26. The Bertz CT molecular complexity index is 680. The topological polar surface area (TPSA) is 116 Å². The molecular weight excluding hydrogens is 266 g/mol. The second-order valence-electron chi connectivity index (χ2n) is 4.32. The van der Waals surface area contributed by atoms with Crippen molar-refractivity contribution in [3.05, 3.63) is 33.0 Å². The molecule has 2 heterocycles. The molecule has 20 heavy (non-hydrogen) atoms. The summed E-state index contributed by atoms with van der Waals surface area (Å²) < 4.78 is 6.21. The Balaban J connectivity index is 2.40. The van der Waals surface area contributed by atoms with Crippen molar-refractivity contribution in [1.82, 2.24) is 14.9 Å². The van der Waals surface area contributed by atoms with Crippen LogP contribution in [-0.4, -0.2) is 25.8 Å². The lowest BCUT2D eigenvalue weighted by Gasteiger charge is -2.01. The number of anilines is 1. The highest BCUT2D eigenvalue weighted by Crippen LogP contribution is 2.25. The molecule has 0 fully saturated rings. The number of carbonyl (C=O) groups is 1. The summed E-state index contributed by atoms with van der Waals surface area (Å²) in [5.41, 5.74) is 0.643. The summed E-state index contributed by atoms with van der Waals surface area (Å²) in [5.74, 6) is -0.249. The molecule has 2 aromatic heterocycles. The molecule has 0 atom stereocenters. The van der Waals surface area contributed by atoms with Crippen LogP contribution in [0.25, 0.3) is 0 Å². The van der Waals surface area contributed by atoms with Crippen LogP contribution in [0.2, 0.25) is 0 Å². The van der Waals surface area contributed by atoms with E-state index in [1.807, 2.05) is 0 Å². The van der Waals surface area contributed by atoms with Gasteiger partial charge in [0.25, 0.3) is 5.91 Å². The second-order valence-corrected chi connectivity index (χ2v) is 4.32. The van der Waals surface area contributed by atoms with Crippen molar-refractivity contribution < 1.29 is 14.2 Å². The van der Waals surface area contributed by atoms with Crippen LogP contribution in [-0.2, 0) is 7.05 Å². The summed E-state index contributed by atoms with van der Waals surface area (Å²) >= 11 is 0. The number of nitro groups is 1. The average molecular weight is 279 g/mol. The number of aromatic nitrogens is 3. The number of nitrogens with zero attached hydrogens (tertiary/aromatic N) is 4. The van der Waals surface area contributed by atoms with E-state index in [0.29, 0.717) is 22.8 Å². The standard InChI is InChI=1S/C11H13N5O4/c1-5-8(7(3)20-14-5)12-11(17)9-10(16(18)19)6(2)15(4)13-9/h1-4H3,(H,12,17). The SMILES string of the molecule is Cc1noc(C)c1NC(=O)c1nn(C)c(C)c1[N+](=O)[O-]. The summed E-state index contributed by atoms with van der Waals surface area (Å²) in [4.78, 5) is 22.6. The maximum absolute atomic E-state index is 12.1. The van der Waals surface area contributed by atoms with Gasteiger partial charge < -0.3 is 9.84 Å². The van der Waals surface area contributed by atoms with Gasteiger partial charge in [-0.3, -0.25) is 19.6 Å². The van der Waals surface area contributed by atoms with Crippen LogP contribution < -0.4 is 5.32 Å². The molecule has 9 heteroatoms. The number of aryl methyl sites for hydroxylation is 3. The minimum absolute atomic E-state index is 0.241. The van der Waals surface area contributed by atoms with E-state index in [0.717, 1.165) is 0 Å². The zero-order valence-electron chi connectivity index (χ0n) is 11.4. The summed E-state index contributed by atoms with van der Waals surface area (Å²) in [6, 6.07) is 0. The first-order chi connectivity index (χ1) is 9.32. The van der Waals surface area contributed by atoms with Gasteiger partial charge >= 0.3 is 5.69 Å². The molecule has 9 nitrogen and oxygen atoms in total. The summed E-state index contributed by atoms with van der Waals surface area (Å²) in [7, 11) is 1.54. The molecule has 0 aliphatic carbocycles. The van der Waals surface area contributed by atoms with Gasteiger partial charge in [0.2, 0.25) is 5.69 Å². The van der Waals surface area contributed by atoms with Crippen LogP contribution in [0.5, 0.6) is 0 Å². The fourth-order valence-corrected chi connectivity index (χ4v) is 1.80. The molecule has 0 saturated heterocycles. The monoisotopic (exact) mass is 279 g/mol. The van der Waals surface area contributed by atoms with E-state index in [4.69, 9.17) is 4.52 Å². The summed E-state index contributed by atoms with van der Waals surface area (Å²) in [5, 5.41) is 21.2. The Hall–Kier alpha value is -2.71. The normalized spacial score (nSPS) is 10.6. The number of hydrogen-bond acceptors (Lipinski definition) is 6. The first kappa shape index (κ1) is 13.7. The van der Waals surface area contributed by atoms with Gasteiger partial charge in [-0.05, 0) is 20.8 Å². The van der Waals surface area contributed by atoms with Crippen LogP contribution >= 0.6 is 0 Å². The molecule has 0 unspecified atom stereocenters. The number of hydrogen-bond donors (Lipinski definition) is 1. The van der Waals surface area contributed by atoms with E-state index in [9.17, 15) is 14.9 Å². The zero-order valence-corrected chi connectivity index (χ0v) is 11.4. The fourth-order valence-electron chi connectivity index (χ4n) is 1.80. The first-order valence-corrected chi connectivity index (χ1v) is 5.75. The highest BCUT2D eigenvalue weighted by molar-refractivity contribution is 6.06. The van der Waals surface area contributed by atoms with Crippen LogP contribution in [0.4, 0.5) is 11.4 Å². The first-order valence-electron chi connectivity index (χ1n) is 5.75. The van der Waals surface area contributed by atoms with E-state index < -0.39 is 10.8 Å². The molecule has 1 N–H and O–H groups in total. The predicted octanol–water partition coefficient (Wildman–Crippen LogP) is 1.49. The van der Waals surface area contributed by atoms with E-state index in [-0.39, 0.29) is 11.4 Å². The molecule has 2 rings (SSSR count). The van der Waals surface area contributed by atoms with E-state index in [1.165, 1.54) is 18.7 Å². The smallest absolute Gasteiger partial charge is 0.322 e. The predicted molar refractivity (Wildman–Crippen MR) is 68.5 cm³/mol. The number of rotatable bonds is 3. The van der Waals surface area contributed by atoms with Crippen molar-refractivity contribution >= 4 is 17.3 Å². The molecule has 0 spiro atoms. The lowest BCUT2D eigenvalue weighted by molar-refractivity contribution is -0.385. The number of nitrogens with one attached hydrogen (secondary N) is 1. The van der Waals surface area contributed by atoms with Gasteiger partial charge in [0.1, 0.15) is 17.1 Å². The van der Waals surface area contributed by atoms with Gasteiger partial charge in [0.05, 0.1) is 4.92 Å². The van der Waals surface area contributed by atoms with Crippen molar-refractivity contribution in [1.29, 1.82) is 0 Å². The molecule has 0 aromatic carbocycles. The lowest BCUT2D eigenvalue weighted by Crippen LogP contribution is -2.15. The van der Waals surface area contributed by atoms with Gasteiger partial charge in [-0.15, -0.1) is 0 Å². The average Bonchev–Trinajstić information content (AvgIpc) is 2.84. The Morgan fingerprint density at radius 1 is 1.40 bits per heavy atom. The Morgan fingerprint density at radius 2 is 2.05 bits per heavy atom. The number of amides is 1. The summed E-state index contributed by atoms with van der Waals surface area (Å²) in [6.07, 6.45) is 0. The maximum Gasteiger partial charge on any atom is 0.322 e. The molecule has 0 aliphatic heterocycles. The van der Waals surface area contributed by atoms with Crippen molar-refractivity contribution in [2.24, 2.45) is 7.05 Å². The van der Waals surface area contributed by atoms with Crippen molar-refractivity contribution in [3.63, 3.8) is 0 Å². The largest absolute Gasteiger partial charge is 0.359 e. The Morgan fingerprint density at radius 3 is 2.55 bits per heavy atom. The van der Waals surface area contributed by atoms with Gasteiger partial charge in [-0.2, -0.15) is 5.10 Å². The van der Waals surface area contributed by atoms with Gasteiger partial charge in [0.15, 0.2) is 5.76 Å². The highest BCUT2D eigenvalue weighted by Gasteiger charge is 2.29. The molecular formula is C11H13N5O4.